The highest BCUT2D eigenvalue weighted by molar-refractivity contribution is 5.98. The van der Waals surface area contributed by atoms with E-state index in [9.17, 15) is 18.0 Å². The smallest absolute Gasteiger partial charge is 0.384 e. The summed E-state index contributed by atoms with van der Waals surface area (Å²) in [5.41, 5.74) is 1.10. The summed E-state index contributed by atoms with van der Waals surface area (Å²) < 4.78 is 38.0. The number of carbonyl (C=O) groups is 1. The molecule has 3 rings (SSSR count). The highest BCUT2D eigenvalue weighted by Crippen LogP contribution is 2.33. The molecule has 1 aliphatic heterocycles. The third-order valence-corrected chi connectivity index (χ3v) is 3.61. The standard InChI is InChI=1S/C16H13F3N2O/c17-16(18,19)10-4-3-5-11(8-10)21-15(22)13-9-20-14-7-2-1-6-12(13)14/h1-8,13,20H,9H2,(H,21,22). The van der Waals surface area contributed by atoms with E-state index < -0.39 is 17.7 Å². The third-order valence-electron chi connectivity index (χ3n) is 3.61. The maximum Gasteiger partial charge on any atom is 0.416 e. The van der Waals surface area contributed by atoms with Crippen LogP contribution in [0, 0.1) is 0 Å². The van der Waals surface area contributed by atoms with Crippen molar-refractivity contribution in [3.8, 4) is 0 Å². The molecule has 1 atom stereocenters. The van der Waals surface area contributed by atoms with Crippen molar-refractivity contribution in [1.29, 1.82) is 0 Å². The molecule has 0 aromatic heterocycles. The van der Waals surface area contributed by atoms with E-state index in [-0.39, 0.29) is 11.6 Å². The van der Waals surface area contributed by atoms with Crippen LogP contribution in [0.4, 0.5) is 24.5 Å². The van der Waals surface area contributed by atoms with E-state index in [1.54, 1.807) is 0 Å². The van der Waals surface area contributed by atoms with Gasteiger partial charge in [-0.3, -0.25) is 4.79 Å². The van der Waals surface area contributed by atoms with Crippen molar-refractivity contribution >= 4 is 17.3 Å². The molecule has 0 aliphatic carbocycles. The molecule has 2 N–H and O–H groups in total. The van der Waals surface area contributed by atoms with E-state index in [4.69, 9.17) is 0 Å². The van der Waals surface area contributed by atoms with Crippen LogP contribution in [0.1, 0.15) is 17.0 Å². The number of amides is 1. The quantitative estimate of drug-likeness (QED) is 0.885. The Morgan fingerprint density at radius 2 is 1.91 bits per heavy atom. The lowest BCUT2D eigenvalue weighted by atomic mass is 10.0. The van der Waals surface area contributed by atoms with Crippen molar-refractivity contribution in [2.75, 3.05) is 17.2 Å². The van der Waals surface area contributed by atoms with Gasteiger partial charge in [0.05, 0.1) is 11.5 Å². The van der Waals surface area contributed by atoms with Crippen LogP contribution >= 0.6 is 0 Å². The van der Waals surface area contributed by atoms with E-state index >= 15 is 0 Å². The molecule has 1 aliphatic rings. The van der Waals surface area contributed by atoms with Crippen molar-refractivity contribution in [1.82, 2.24) is 0 Å². The summed E-state index contributed by atoms with van der Waals surface area (Å²) in [7, 11) is 0. The Morgan fingerprint density at radius 1 is 1.14 bits per heavy atom. The van der Waals surface area contributed by atoms with Gasteiger partial charge in [-0.15, -0.1) is 0 Å². The van der Waals surface area contributed by atoms with Gasteiger partial charge in [-0.05, 0) is 29.8 Å². The summed E-state index contributed by atoms with van der Waals surface area (Å²) in [5, 5.41) is 5.67. The van der Waals surface area contributed by atoms with Gasteiger partial charge in [-0.1, -0.05) is 24.3 Å². The molecular weight excluding hydrogens is 293 g/mol. The summed E-state index contributed by atoms with van der Waals surface area (Å²) in [6.07, 6.45) is -4.43. The lowest BCUT2D eigenvalue weighted by Crippen LogP contribution is -2.22. The number of nitrogens with one attached hydrogen (secondary N) is 2. The van der Waals surface area contributed by atoms with Crippen LogP contribution < -0.4 is 10.6 Å². The molecule has 0 saturated heterocycles. The Hall–Kier alpha value is -2.50. The zero-order valence-corrected chi connectivity index (χ0v) is 11.4. The minimum atomic E-state index is -4.43. The second-order valence-electron chi connectivity index (χ2n) is 5.09. The second kappa shape index (κ2) is 5.36. The van der Waals surface area contributed by atoms with Crippen molar-refractivity contribution < 1.29 is 18.0 Å². The van der Waals surface area contributed by atoms with Crippen LogP contribution in [0.25, 0.3) is 0 Å². The zero-order valence-electron chi connectivity index (χ0n) is 11.4. The highest BCUT2D eigenvalue weighted by atomic mass is 19.4. The molecule has 0 radical (unpaired) electrons. The molecule has 0 spiro atoms. The maximum absolute atomic E-state index is 12.7. The summed E-state index contributed by atoms with van der Waals surface area (Å²) in [4.78, 5) is 12.3. The number of carbonyl (C=O) groups excluding carboxylic acids is 1. The minimum absolute atomic E-state index is 0.143. The summed E-state index contributed by atoms with van der Waals surface area (Å²) in [5.74, 6) is -0.734. The van der Waals surface area contributed by atoms with Crippen molar-refractivity contribution in [3.05, 3.63) is 59.7 Å². The highest BCUT2D eigenvalue weighted by Gasteiger charge is 2.31. The van der Waals surface area contributed by atoms with E-state index in [1.807, 2.05) is 24.3 Å². The Morgan fingerprint density at radius 3 is 2.68 bits per heavy atom. The van der Waals surface area contributed by atoms with Crippen molar-refractivity contribution in [3.63, 3.8) is 0 Å². The maximum atomic E-state index is 12.7. The van der Waals surface area contributed by atoms with Crippen LogP contribution in [-0.2, 0) is 11.0 Å². The number of benzene rings is 2. The van der Waals surface area contributed by atoms with Gasteiger partial charge in [0.25, 0.3) is 0 Å². The Kier molecular flexibility index (Phi) is 3.52. The number of fused-ring (bicyclic) bond motifs is 1. The van der Waals surface area contributed by atoms with Crippen LogP contribution in [0.5, 0.6) is 0 Å². The third kappa shape index (κ3) is 2.77. The Balaban J connectivity index is 1.79. The van der Waals surface area contributed by atoms with E-state index in [0.717, 1.165) is 23.4 Å². The van der Waals surface area contributed by atoms with Gasteiger partial charge in [-0.2, -0.15) is 13.2 Å². The molecule has 0 bridgehead atoms. The SMILES string of the molecule is O=C(Nc1cccc(C(F)(F)F)c1)C1CNc2ccccc21. The van der Waals surface area contributed by atoms with Crippen LogP contribution in [0.3, 0.4) is 0 Å². The van der Waals surface area contributed by atoms with Gasteiger partial charge < -0.3 is 10.6 Å². The zero-order chi connectivity index (χ0) is 15.7. The van der Waals surface area contributed by atoms with Gasteiger partial charge in [0, 0.05) is 17.9 Å². The summed E-state index contributed by atoms with van der Waals surface area (Å²) in [6, 6.07) is 12.0. The number of anilines is 2. The van der Waals surface area contributed by atoms with Crippen molar-refractivity contribution in [2.24, 2.45) is 0 Å². The molecule has 0 fully saturated rings. The molecule has 0 saturated carbocycles. The lowest BCUT2D eigenvalue weighted by Gasteiger charge is -2.13. The number of rotatable bonds is 2. The first kappa shape index (κ1) is 14.4. The van der Waals surface area contributed by atoms with E-state index in [0.29, 0.717) is 6.54 Å². The molecule has 114 valence electrons. The number of hydrogen-bond acceptors (Lipinski definition) is 2. The predicted molar refractivity (Wildman–Crippen MR) is 77.7 cm³/mol. The first-order chi connectivity index (χ1) is 10.4. The predicted octanol–water partition coefficient (Wildman–Crippen LogP) is 3.85. The van der Waals surface area contributed by atoms with Gasteiger partial charge in [-0.25, -0.2) is 0 Å². The molecule has 1 amide bonds. The number of halogens is 3. The van der Waals surface area contributed by atoms with Crippen molar-refractivity contribution in [2.45, 2.75) is 12.1 Å². The molecule has 2 aromatic rings. The van der Waals surface area contributed by atoms with Gasteiger partial charge in [0.2, 0.25) is 5.91 Å². The van der Waals surface area contributed by atoms with Gasteiger partial charge in [0.1, 0.15) is 0 Å². The average Bonchev–Trinajstić information content (AvgIpc) is 2.90. The summed E-state index contributed by atoms with van der Waals surface area (Å²) >= 11 is 0. The first-order valence-corrected chi connectivity index (χ1v) is 6.76. The number of hydrogen-bond donors (Lipinski definition) is 2. The second-order valence-corrected chi connectivity index (χ2v) is 5.09. The first-order valence-electron chi connectivity index (χ1n) is 6.76. The summed E-state index contributed by atoms with van der Waals surface area (Å²) in [6.45, 7) is 0.435. The monoisotopic (exact) mass is 306 g/mol. The van der Waals surface area contributed by atoms with Crippen LogP contribution in [0.2, 0.25) is 0 Å². The fourth-order valence-electron chi connectivity index (χ4n) is 2.52. The molecule has 1 heterocycles. The van der Waals surface area contributed by atoms with Gasteiger partial charge in [0.15, 0.2) is 0 Å². The van der Waals surface area contributed by atoms with E-state index in [2.05, 4.69) is 10.6 Å². The molecule has 2 aromatic carbocycles. The Bertz CT molecular complexity index is 713. The van der Waals surface area contributed by atoms with E-state index in [1.165, 1.54) is 12.1 Å². The fourth-order valence-corrected chi connectivity index (χ4v) is 2.52. The van der Waals surface area contributed by atoms with Crippen LogP contribution in [0.15, 0.2) is 48.5 Å². The van der Waals surface area contributed by atoms with Gasteiger partial charge >= 0.3 is 6.18 Å². The molecule has 1 unspecified atom stereocenters. The molecule has 6 heteroatoms. The normalized spacial score (nSPS) is 16.8. The number of para-hydroxylation sites is 1. The molecule has 22 heavy (non-hydrogen) atoms. The van der Waals surface area contributed by atoms with Crippen LogP contribution in [-0.4, -0.2) is 12.5 Å². The molecule has 3 nitrogen and oxygen atoms in total. The fraction of sp³-hybridized carbons (Fsp3) is 0.188. The molecular formula is C16H13F3N2O. The number of alkyl halides is 3. The Labute approximate surface area is 125 Å². The average molecular weight is 306 g/mol. The lowest BCUT2D eigenvalue weighted by molar-refractivity contribution is -0.137. The largest absolute Gasteiger partial charge is 0.416 e. The topological polar surface area (TPSA) is 41.1 Å². The minimum Gasteiger partial charge on any atom is -0.384 e.